The zero-order valence-electron chi connectivity index (χ0n) is 11.0. The molecule has 2 aliphatic heterocycles. The van der Waals surface area contributed by atoms with E-state index < -0.39 is 0 Å². The Bertz CT molecular complexity index is 425. The highest BCUT2D eigenvalue weighted by atomic mass is 19.1. The van der Waals surface area contributed by atoms with Crippen LogP contribution in [0.5, 0.6) is 0 Å². The molecule has 0 aromatic heterocycles. The molecule has 1 unspecified atom stereocenters. The lowest BCUT2D eigenvalue weighted by Crippen LogP contribution is -2.34. The molecule has 2 aliphatic rings. The van der Waals surface area contributed by atoms with Gasteiger partial charge in [-0.1, -0.05) is 0 Å². The Labute approximate surface area is 108 Å². The maximum Gasteiger partial charge on any atom is 0.123 e. The zero-order valence-corrected chi connectivity index (χ0v) is 11.0. The number of hydrogen-bond acceptors (Lipinski definition) is 2. The van der Waals surface area contributed by atoms with Crippen molar-refractivity contribution >= 4 is 5.69 Å². The third-order valence-electron chi connectivity index (χ3n) is 4.52. The van der Waals surface area contributed by atoms with E-state index in [1.807, 2.05) is 6.07 Å². The summed E-state index contributed by atoms with van der Waals surface area (Å²) >= 11 is 0. The van der Waals surface area contributed by atoms with Gasteiger partial charge in [0.2, 0.25) is 0 Å². The van der Waals surface area contributed by atoms with Crippen LogP contribution in [0.2, 0.25) is 0 Å². The molecule has 2 heterocycles. The van der Waals surface area contributed by atoms with E-state index in [0.717, 1.165) is 24.6 Å². The summed E-state index contributed by atoms with van der Waals surface area (Å²) in [5.74, 6) is 1.17. The molecule has 98 valence electrons. The normalized spacial score (nSPS) is 25.6. The highest BCUT2D eigenvalue weighted by Crippen LogP contribution is 2.40. The van der Waals surface area contributed by atoms with Gasteiger partial charge in [-0.3, -0.25) is 0 Å². The van der Waals surface area contributed by atoms with Gasteiger partial charge in [0.05, 0.1) is 0 Å². The quantitative estimate of drug-likeness (QED) is 0.821. The molecule has 1 saturated heterocycles. The first-order valence-electron chi connectivity index (χ1n) is 6.96. The summed E-state index contributed by atoms with van der Waals surface area (Å²) in [6, 6.07) is 5.19. The second kappa shape index (κ2) is 4.88. The van der Waals surface area contributed by atoms with Crippen molar-refractivity contribution in [3.05, 3.63) is 29.6 Å². The van der Waals surface area contributed by atoms with Gasteiger partial charge in [0.25, 0.3) is 0 Å². The summed E-state index contributed by atoms with van der Waals surface area (Å²) in [5.41, 5.74) is 2.35. The van der Waals surface area contributed by atoms with Crippen molar-refractivity contribution in [1.29, 1.82) is 0 Å². The molecular formula is C15H21FN2. The van der Waals surface area contributed by atoms with Gasteiger partial charge in [-0.25, -0.2) is 4.39 Å². The Morgan fingerprint density at radius 1 is 1.22 bits per heavy atom. The molecule has 18 heavy (non-hydrogen) atoms. The molecule has 1 fully saturated rings. The van der Waals surface area contributed by atoms with Gasteiger partial charge in [0, 0.05) is 12.2 Å². The monoisotopic (exact) mass is 248 g/mol. The van der Waals surface area contributed by atoms with Crippen LogP contribution in [-0.4, -0.2) is 31.6 Å². The van der Waals surface area contributed by atoms with Gasteiger partial charge in [-0.2, -0.15) is 0 Å². The van der Waals surface area contributed by atoms with E-state index in [1.54, 1.807) is 12.1 Å². The lowest BCUT2D eigenvalue weighted by atomic mass is 9.76. The van der Waals surface area contributed by atoms with Crippen LogP contribution in [0.3, 0.4) is 0 Å². The maximum absolute atomic E-state index is 13.5. The molecule has 1 atom stereocenters. The van der Waals surface area contributed by atoms with Crippen LogP contribution in [-0.2, 0) is 0 Å². The van der Waals surface area contributed by atoms with Crippen LogP contribution in [0.1, 0.15) is 30.7 Å². The number of halogens is 1. The smallest absolute Gasteiger partial charge is 0.123 e. The standard InChI is InChI=1S/C15H21FN2/c1-18-8-5-11(6-9-18)13-4-7-17-15-3-2-12(16)10-14(13)15/h2-3,10-11,13,17H,4-9H2,1H3. The number of nitrogens with zero attached hydrogens (tertiary/aromatic N) is 1. The number of nitrogens with one attached hydrogen (secondary N) is 1. The first-order chi connectivity index (χ1) is 8.74. The van der Waals surface area contributed by atoms with E-state index >= 15 is 0 Å². The Kier molecular flexibility index (Phi) is 3.25. The molecular weight excluding hydrogens is 227 g/mol. The van der Waals surface area contributed by atoms with Crippen molar-refractivity contribution in [2.24, 2.45) is 5.92 Å². The molecule has 1 aromatic carbocycles. The molecule has 0 aliphatic carbocycles. The van der Waals surface area contributed by atoms with Crippen molar-refractivity contribution in [2.75, 3.05) is 32.0 Å². The van der Waals surface area contributed by atoms with Gasteiger partial charge < -0.3 is 10.2 Å². The second-order valence-electron chi connectivity index (χ2n) is 5.69. The zero-order chi connectivity index (χ0) is 12.5. The Balaban J connectivity index is 1.84. The predicted octanol–water partition coefficient (Wildman–Crippen LogP) is 3.07. The Hall–Kier alpha value is -1.09. The van der Waals surface area contributed by atoms with Crippen LogP contribution >= 0.6 is 0 Å². The van der Waals surface area contributed by atoms with Crippen LogP contribution in [0.25, 0.3) is 0 Å². The summed E-state index contributed by atoms with van der Waals surface area (Å²) in [5, 5.41) is 3.39. The number of rotatable bonds is 1. The summed E-state index contributed by atoms with van der Waals surface area (Å²) in [6.45, 7) is 3.38. The Morgan fingerprint density at radius 3 is 2.78 bits per heavy atom. The average molecular weight is 248 g/mol. The van der Waals surface area contributed by atoms with Crippen molar-refractivity contribution in [2.45, 2.75) is 25.2 Å². The van der Waals surface area contributed by atoms with Gasteiger partial charge in [0.1, 0.15) is 5.82 Å². The van der Waals surface area contributed by atoms with Crippen molar-refractivity contribution < 1.29 is 4.39 Å². The van der Waals surface area contributed by atoms with Crippen LogP contribution in [0, 0.1) is 11.7 Å². The van der Waals surface area contributed by atoms with E-state index in [0.29, 0.717) is 5.92 Å². The summed E-state index contributed by atoms with van der Waals surface area (Å²) in [4.78, 5) is 2.39. The van der Waals surface area contributed by atoms with Crippen LogP contribution < -0.4 is 5.32 Å². The van der Waals surface area contributed by atoms with E-state index in [1.165, 1.54) is 31.5 Å². The van der Waals surface area contributed by atoms with E-state index in [9.17, 15) is 4.39 Å². The molecule has 0 spiro atoms. The van der Waals surface area contributed by atoms with Crippen molar-refractivity contribution in [3.63, 3.8) is 0 Å². The lowest BCUT2D eigenvalue weighted by molar-refractivity contribution is 0.194. The maximum atomic E-state index is 13.5. The van der Waals surface area contributed by atoms with Gasteiger partial charge in [-0.05, 0) is 75.0 Å². The van der Waals surface area contributed by atoms with Gasteiger partial charge in [0.15, 0.2) is 0 Å². The van der Waals surface area contributed by atoms with Crippen LogP contribution in [0.15, 0.2) is 18.2 Å². The second-order valence-corrected chi connectivity index (χ2v) is 5.69. The fraction of sp³-hybridized carbons (Fsp3) is 0.600. The number of piperidine rings is 1. The molecule has 2 nitrogen and oxygen atoms in total. The topological polar surface area (TPSA) is 15.3 Å². The van der Waals surface area contributed by atoms with E-state index in [2.05, 4.69) is 17.3 Å². The third kappa shape index (κ3) is 2.24. The molecule has 0 saturated carbocycles. The number of anilines is 1. The third-order valence-corrected chi connectivity index (χ3v) is 4.52. The molecule has 0 amide bonds. The van der Waals surface area contributed by atoms with E-state index in [4.69, 9.17) is 0 Å². The van der Waals surface area contributed by atoms with Crippen molar-refractivity contribution in [1.82, 2.24) is 4.90 Å². The fourth-order valence-electron chi connectivity index (χ4n) is 3.44. The number of benzene rings is 1. The summed E-state index contributed by atoms with van der Waals surface area (Å²) in [7, 11) is 2.19. The van der Waals surface area contributed by atoms with Gasteiger partial charge in [-0.15, -0.1) is 0 Å². The lowest BCUT2D eigenvalue weighted by Gasteiger charge is -2.37. The number of hydrogen-bond donors (Lipinski definition) is 1. The average Bonchev–Trinajstić information content (AvgIpc) is 2.39. The van der Waals surface area contributed by atoms with Crippen LogP contribution in [0.4, 0.5) is 10.1 Å². The first-order valence-corrected chi connectivity index (χ1v) is 6.96. The minimum absolute atomic E-state index is 0.102. The number of fused-ring (bicyclic) bond motifs is 1. The molecule has 1 aromatic rings. The molecule has 1 N–H and O–H groups in total. The largest absolute Gasteiger partial charge is 0.385 e. The van der Waals surface area contributed by atoms with Gasteiger partial charge >= 0.3 is 0 Å². The highest BCUT2D eigenvalue weighted by Gasteiger charge is 2.30. The summed E-state index contributed by atoms with van der Waals surface area (Å²) in [6.07, 6.45) is 3.64. The molecule has 0 bridgehead atoms. The highest BCUT2D eigenvalue weighted by molar-refractivity contribution is 5.55. The molecule has 3 heteroatoms. The molecule has 3 rings (SSSR count). The number of likely N-dealkylation sites (tertiary alicyclic amines) is 1. The van der Waals surface area contributed by atoms with E-state index in [-0.39, 0.29) is 5.82 Å². The van der Waals surface area contributed by atoms with Crippen molar-refractivity contribution in [3.8, 4) is 0 Å². The minimum atomic E-state index is -0.102. The SMILES string of the molecule is CN1CCC(C2CCNc3ccc(F)cc32)CC1. The predicted molar refractivity (Wildman–Crippen MR) is 72.5 cm³/mol. The minimum Gasteiger partial charge on any atom is -0.385 e. The molecule has 0 radical (unpaired) electrons. The fourth-order valence-corrected chi connectivity index (χ4v) is 3.44. The first kappa shape index (κ1) is 12.0. The Morgan fingerprint density at radius 2 is 2.00 bits per heavy atom. The summed E-state index contributed by atoms with van der Waals surface area (Å²) < 4.78 is 13.5.